The van der Waals surface area contributed by atoms with Gasteiger partial charge in [0.2, 0.25) is 5.96 Å². The Morgan fingerprint density at radius 1 is 1.14 bits per heavy atom. The number of carbonyl (C=O) groups excluding carboxylic acids is 2. The minimum atomic E-state index is -0.549. The summed E-state index contributed by atoms with van der Waals surface area (Å²) >= 11 is 0. The smallest absolute Gasteiger partial charge is 0.328 e. The maximum absolute atomic E-state index is 13.3. The van der Waals surface area contributed by atoms with Gasteiger partial charge in [0.1, 0.15) is 0 Å². The summed E-state index contributed by atoms with van der Waals surface area (Å²) in [6, 6.07) is 9.38. The molecule has 0 aromatic heterocycles. The number of hydrogen-bond donors (Lipinski definition) is 0. The van der Waals surface area contributed by atoms with Crippen molar-refractivity contribution < 1.29 is 14.3 Å². The third-order valence-electron chi connectivity index (χ3n) is 6.12. The molecule has 0 radical (unpaired) electrons. The SMILES string of the molecule is COCCN1C(=O)C2C(N=C3N(C(C)c4ccccc4)C(C)=C(C)N32)N(C)C1=O. The number of rotatable bonds is 5. The fourth-order valence-corrected chi connectivity index (χ4v) is 4.37. The molecule has 154 valence electrons. The zero-order valence-corrected chi connectivity index (χ0v) is 17.5. The lowest BCUT2D eigenvalue weighted by Gasteiger charge is -2.40. The van der Waals surface area contributed by atoms with E-state index in [0.717, 1.165) is 22.9 Å². The Kier molecular flexibility index (Phi) is 4.82. The maximum atomic E-state index is 13.3. The Hall–Kier alpha value is -2.87. The number of nitrogens with zero attached hydrogens (tertiary/aromatic N) is 5. The van der Waals surface area contributed by atoms with Gasteiger partial charge in [-0.15, -0.1) is 0 Å². The maximum Gasteiger partial charge on any atom is 0.328 e. The highest BCUT2D eigenvalue weighted by atomic mass is 16.5. The molecule has 0 N–H and O–H groups in total. The van der Waals surface area contributed by atoms with Gasteiger partial charge in [0.15, 0.2) is 12.2 Å². The molecule has 4 rings (SSSR count). The van der Waals surface area contributed by atoms with E-state index in [4.69, 9.17) is 9.73 Å². The number of urea groups is 1. The van der Waals surface area contributed by atoms with Crippen molar-refractivity contribution in [2.45, 2.75) is 39.0 Å². The van der Waals surface area contributed by atoms with Crippen LogP contribution in [0.5, 0.6) is 0 Å². The highest BCUT2D eigenvalue weighted by molar-refractivity contribution is 6.05. The lowest BCUT2D eigenvalue weighted by Crippen LogP contribution is -2.65. The Bertz CT molecular complexity index is 897. The van der Waals surface area contributed by atoms with Crippen LogP contribution in [-0.4, -0.2) is 77.0 Å². The molecule has 3 aliphatic heterocycles. The molecule has 0 aliphatic carbocycles. The average Bonchev–Trinajstić information content (AvgIpc) is 3.22. The number of guanidine groups is 1. The van der Waals surface area contributed by atoms with E-state index in [2.05, 4.69) is 30.9 Å². The molecule has 1 fully saturated rings. The molecule has 8 heteroatoms. The molecule has 3 atom stereocenters. The van der Waals surface area contributed by atoms with Crippen molar-refractivity contribution in [1.29, 1.82) is 0 Å². The van der Waals surface area contributed by atoms with Crippen LogP contribution in [0.15, 0.2) is 46.7 Å². The Morgan fingerprint density at radius 2 is 1.83 bits per heavy atom. The van der Waals surface area contributed by atoms with Gasteiger partial charge >= 0.3 is 6.03 Å². The highest BCUT2D eigenvalue weighted by Gasteiger charge is 2.56. The Labute approximate surface area is 171 Å². The molecule has 8 nitrogen and oxygen atoms in total. The van der Waals surface area contributed by atoms with E-state index >= 15 is 0 Å². The van der Waals surface area contributed by atoms with Crippen LogP contribution in [0.1, 0.15) is 32.4 Å². The molecule has 3 unspecified atom stereocenters. The van der Waals surface area contributed by atoms with E-state index in [1.807, 2.05) is 30.0 Å². The van der Waals surface area contributed by atoms with Crippen molar-refractivity contribution in [3.63, 3.8) is 0 Å². The predicted molar refractivity (Wildman–Crippen MR) is 109 cm³/mol. The molecule has 3 heterocycles. The predicted octanol–water partition coefficient (Wildman–Crippen LogP) is 2.22. The number of ether oxygens (including phenoxy) is 1. The number of carbonyl (C=O) groups is 2. The zero-order chi connectivity index (χ0) is 20.9. The number of hydrogen-bond acceptors (Lipinski definition) is 6. The minimum Gasteiger partial charge on any atom is -0.383 e. The first-order valence-corrected chi connectivity index (χ1v) is 9.84. The molecule has 3 aliphatic rings. The van der Waals surface area contributed by atoms with Crippen molar-refractivity contribution in [3.8, 4) is 0 Å². The van der Waals surface area contributed by atoms with Crippen molar-refractivity contribution >= 4 is 17.9 Å². The van der Waals surface area contributed by atoms with E-state index in [9.17, 15) is 9.59 Å². The summed E-state index contributed by atoms with van der Waals surface area (Å²) in [7, 11) is 3.26. The normalized spacial score (nSPS) is 24.9. The van der Waals surface area contributed by atoms with Gasteiger partial charge in [0.25, 0.3) is 5.91 Å². The average molecular weight is 397 g/mol. The second-order valence-corrected chi connectivity index (χ2v) is 7.66. The fraction of sp³-hybridized carbons (Fsp3) is 0.476. The van der Waals surface area contributed by atoms with Gasteiger partial charge in [-0.25, -0.2) is 9.79 Å². The molecule has 1 aromatic rings. The van der Waals surface area contributed by atoms with Crippen molar-refractivity contribution in [1.82, 2.24) is 19.6 Å². The van der Waals surface area contributed by atoms with Gasteiger partial charge in [0, 0.05) is 25.6 Å². The summed E-state index contributed by atoms with van der Waals surface area (Å²) in [4.78, 5) is 37.9. The number of imide groups is 1. The molecule has 1 saturated heterocycles. The first kappa shape index (κ1) is 19.4. The van der Waals surface area contributed by atoms with E-state index in [-0.39, 0.29) is 24.5 Å². The number of amides is 3. The molecule has 0 bridgehead atoms. The molecule has 1 aromatic carbocycles. The first-order valence-electron chi connectivity index (χ1n) is 9.84. The lowest BCUT2D eigenvalue weighted by molar-refractivity contribution is -0.137. The molecule has 3 amide bonds. The highest BCUT2D eigenvalue weighted by Crippen LogP contribution is 2.41. The topological polar surface area (TPSA) is 68.7 Å². The van der Waals surface area contributed by atoms with Crippen LogP contribution in [0.2, 0.25) is 0 Å². The van der Waals surface area contributed by atoms with Crippen LogP contribution in [0.3, 0.4) is 0 Å². The molecular formula is C21H27N5O3. The monoisotopic (exact) mass is 397 g/mol. The van der Waals surface area contributed by atoms with Crippen LogP contribution in [-0.2, 0) is 9.53 Å². The van der Waals surface area contributed by atoms with E-state index in [1.54, 1.807) is 19.1 Å². The standard InChI is InChI=1S/C21H27N5O3/c1-13-14(2)26-17-18(23(4)21(28)24(19(17)27)11-12-29-5)22-20(26)25(13)15(3)16-9-7-6-8-10-16/h6-10,15,17-18H,11-12H2,1-5H3. The van der Waals surface area contributed by atoms with E-state index in [0.29, 0.717) is 6.61 Å². The second kappa shape index (κ2) is 7.18. The van der Waals surface area contributed by atoms with Gasteiger partial charge in [-0.3, -0.25) is 14.6 Å². The molecule has 0 saturated carbocycles. The van der Waals surface area contributed by atoms with Crippen LogP contribution in [0.25, 0.3) is 0 Å². The lowest BCUT2D eigenvalue weighted by atomic mass is 10.1. The third-order valence-corrected chi connectivity index (χ3v) is 6.12. The minimum absolute atomic E-state index is 0.0516. The number of benzene rings is 1. The van der Waals surface area contributed by atoms with Crippen LogP contribution < -0.4 is 0 Å². The Balaban J connectivity index is 1.71. The van der Waals surface area contributed by atoms with Crippen LogP contribution in [0.4, 0.5) is 4.79 Å². The number of likely N-dealkylation sites (N-methyl/N-ethyl adjacent to an activating group) is 1. The van der Waals surface area contributed by atoms with Crippen molar-refractivity contribution in [3.05, 3.63) is 47.3 Å². The largest absolute Gasteiger partial charge is 0.383 e. The van der Waals surface area contributed by atoms with Crippen molar-refractivity contribution in [2.75, 3.05) is 27.3 Å². The van der Waals surface area contributed by atoms with E-state index in [1.165, 1.54) is 4.90 Å². The zero-order valence-electron chi connectivity index (χ0n) is 17.5. The summed E-state index contributed by atoms with van der Waals surface area (Å²) in [6.07, 6.45) is -0.530. The van der Waals surface area contributed by atoms with Gasteiger partial charge in [-0.2, -0.15) is 0 Å². The molecule has 0 spiro atoms. The van der Waals surface area contributed by atoms with Gasteiger partial charge < -0.3 is 14.5 Å². The number of methoxy groups -OCH3 is 1. The van der Waals surface area contributed by atoms with Gasteiger partial charge in [-0.1, -0.05) is 30.3 Å². The second-order valence-electron chi connectivity index (χ2n) is 7.66. The summed E-state index contributed by atoms with van der Waals surface area (Å²) in [5, 5.41) is 0. The first-order chi connectivity index (χ1) is 13.9. The fourth-order valence-electron chi connectivity index (χ4n) is 4.37. The molecule has 29 heavy (non-hydrogen) atoms. The summed E-state index contributed by atoms with van der Waals surface area (Å²) < 4.78 is 5.09. The molecular weight excluding hydrogens is 370 g/mol. The summed E-state index contributed by atoms with van der Waals surface area (Å²) in [6.45, 7) is 6.73. The van der Waals surface area contributed by atoms with Gasteiger partial charge in [-0.05, 0) is 26.3 Å². The van der Waals surface area contributed by atoms with Crippen molar-refractivity contribution in [2.24, 2.45) is 4.99 Å². The number of aliphatic imine (C=N–C) groups is 1. The van der Waals surface area contributed by atoms with Crippen LogP contribution in [0, 0.1) is 0 Å². The van der Waals surface area contributed by atoms with E-state index < -0.39 is 12.2 Å². The summed E-state index contributed by atoms with van der Waals surface area (Å²) in [5.41, 5.74) is 3.22. The number of fused-ring (bicyclic) bond motifs is 3. The third kappa shape index (κ3) is 2.81. The van der Waals surface area contributed by atoms with Crippen LogP contribution >= 0.6 is 0 Å². The number of allylic oxidation sites excluding steroid dienone is 2. The van der Waals surface area contributed by atoms with Gasteiger partial charge in [0.05, 0.1) is 19.2 Å². The Morgan fingerprint density at radius 3 is 2.48 bits per heavy atom. The summed E-state index contributed by atoms with van der Waals surface area (Å²) in [5.74, 6) is 0.503. The quantitative estimate of drug-likeness (QED) is 0.762.